The standard InChI is InChI=1S/C18H16ClNO4/c1-12(17(22)13-5-3-2-4-6-13)24-16(21)11-20-18(23)14-7-9-15(19)10-8-14/h2-10,12H,11H2,1H3,(H,20,23)/t12-/m0/s1. The lowest BCUT2D eigenvalue weighted by molar-refractivity contribution is -0.145. The van der Waals surface area contributed by atoms with E-state index in [1.807, 2.05) is 0 Å². The summed E-state index contributed by atoms with van der Waals surface area (Å²) in [5.74, 6) is -1.41. The molecule has 0 aliphatic rings. The first-order chi connectivity index (χ1) is 11.5. The molecule has 0 aromatic heterocycles. The van der Waals surface area contributed by atoms with Gasteiger partial charge in [0.05, 0.1) is 0 Å². The highest BCUT2D eigenvalue weighted by molar-refractivity contribution is 6.30. The highest BCUT2D eigenvalue weighted by Crippen LogP contribution is 2.09. The van der Waals surface area contributed by atoms with Crippen molar-refractivity contribution >= 4 is 29.3 Å². The number of benzene rings is 2. The van der Waals surface area contributed by atoms with Gasteiger partial charge in [-0.15, -0.1) is 0 Å². The van der Waals surface area contributed by atoms with Crippen molar-refractivity contribution < 1.29 is 19.1 Å². The molecule has 0 aliphatic heterocycles. The van der Waals surface area contributed by atoms with Crippen molar-refractivity contribution in [3.8, 4) is 0 Å². The first-order valence-corrected chi connectivity index (χ1v) is 7.67. The normalized spacial score (nSPS) is 11.4. The van der Waals surface area contributed by atoms with E-state index in [2.05, 4.69) is 5.32 Å². The van der Waals surface area contributed by atoms with Crippen LogP contribution in [0.25, 0.3) is 0 Å². The molecule has 0 saturated carbocycles. The summed E-state index contributed by atoms with van der Waals surface area (Å²) in [6, 6.07) is 14.8. The first kappa shape index (κ1) is 17.7. The van der Waals surface area contributed by atoms with Gasteiger partial charge in [-0.05, 0) is 31.2 Å². The van der Waals surface area contributed by atoms with Crippen LogP contribution in [0.3, 0.4) is 0 Å². The van der Waals surface area contributed by atoms with Gasteiger partial charge < -0.3 is 10.1 Å². The number of nitrogens with one attached hydrogen (secondary N) is 1. The Morgan fingerprint density at radius 1 is 1.00 bits per heavy atom. The molecular formula is C18H16ClNO4. The lowest BCUT2D eigenvalue weighted by Crippen LogP contribution is -2.34. The van der Waals surface area contributed by atoms with Gasteiger partial charge in [-0.1, -0.05) is 41.9 Å². The molecule has 2 aromatic carbocycles. The number of ether oxygens (including phenoxy) is 1. The fourth-order valence-electron chi connectivity index (χ4n) is 1.99. The van der Waals surface area contributed by atoms with Crippen LogP contribution in [0.1, 0.15) is 27.6 Å². The summed E-state index contributed by atoms with van der Waals surface area (Å²) < 4.78 is 5.05. The van der Waals surface area contributed by atoms with E-state index in [9.17, 15) is 14.4 Å². The van der Waals surface area contributed by atoms with Gasteiger partial charge in [-0.3, -0.25) is 14.4 Å². The molecule has 0 fully saturated rings. The smallest absolute Gasteiger partial charge is 0.326 e. The van der Waals surface area contributed by atoms with Crippen LogP contribution in [0.15, 0.2) is 54.6 Å². The van der Waals surface area contributed by atoms with E-state index in [-0.39, 0.29) is 12.3 Å². The number of hydrogen-bond acceptors (Lipinski definition) is 4. The van der Waals surface area contributed by atoms with E-state index in [0.717, 1.165) is 0 Å². The van der Waals surface area contributed by atoms with Crippen LogP contribution in [-0.4, -0.2) is 30.3 Å². The highest BCUT2D eigenvalue weighted by Gasteiger charge is 2.19. The third kappa shape index (κ3) is 4.93. The lowest BCUT2D eigenvalue weighted by Gasteiger charge is -2.12. The van der Waals surface area contributed by atoms with Crippen molar-refractivity contribution in [2.24, 2.45) is 0 Å². The molecule has 0 unspecified atom stereocenters. The van der Waals surface area contributed by atoms with Gasteiger partial charge in [0.25, 0.3) is 5.91 Å². The fourth-order valence-corrected chi connectivity index (χ4v) is 2.11. The molecule has 0 bridgehead atoms. The van der Waals surface area contributed by atoms with Crippen LogP contribution < -0.4 is 5.32 Å². The number of rotatable bonds is 6. The summed E-state index contributed by atoms with van der Waals surface area (Å²) in [7, 11) is 0. The zero-order valence-electron chi connectivity index (χ0n) is 13.0. The Labute approximate surface area is 144 Å². The second-order valence-corrected chi connectivity index (χ2v) is 5.49. The van der Waals surface area contributed by atoms with Gasteiger partial charge in [0.1, 0.15) is 6.54 Å². The second-order valence-electron chi connectivity index (χ2n) is 5.05. The summed E-state index contributed by atoms with van der Waals surface area (Å²) in [6.07, 6.45) is -0.924. The molecule has 1 amide bonds. The number of esters is 1. The van der Waals surface area contributed by atoms with Crippen LogP contribution in [0, 0.1) is 0 Å². The number of ketones is 1. The predicted molar refractivity (Wildman–Crippen MR) is 90.1 cm³/mol. The Balaban J connectivity index is 1.83. The van der Waals surface area contributed by atoms with Crippen molar-refractivity contribution in [1.82, 2.24) is 5.32 Å². The summed E-state index contributed by atoms with van der Waals surface area (Å²) in [4.78, 5) is 35.7. The molecule has 124 valence electrons. The fraction of sp³-hybridized carbons (Fsp3) is 0.167. The average molecular weight is 346 g/mol. The first-order valence-electron chi connectivity index (χ1n) is 7.30. The second kappa shape index (κ2) is 8.26. The van der Waals surface area contributed by atoms with E-state index >= 15 is 0 Å². The van der Waals surface area contributed by atoms with Crippen LogP contribution in [0.5, 0.6) is 0 Å². The zero-order valence-corrected chi connectivity index (χ0v) is 13.7. The van der Waals surface area contributed by atoms with Crippen LogP contribution in [-0.2, 0) is 9.53 Å². The van der Waals surface area contributed by atoms with Gasteiger partial charge in [0.15, 0.2) is 6.10 Å². The SMILES string of the molecule is C[C@H](OC(=O)CNC(=O)c1ccc(Cl)cc1)C(=O)c1ccccc1. The van der Waals surface area contributed by atoms with Crippen molar-refractivity contribution in [3.63, 3.8) is 0 Å². The molecule has 0 saturated heterocycles. The highest BCUT2D eigenvalue weighted by atomic mass is 35.5. The van der Waals surface area contributed by atoms with Crippen molar-refractivity contribution in [2.45, 2.75) is 13.0 Å². The van der Waals surface area contributed by atoms with Gasteiger partial charge in [-0.2, -0.15) is 0 Å². The topological polar surface area (TPSA) is 72.5 Å². The van der Waals surface area contributed by atoms with Gasteiger partial charge >= 0.3 is 5.97 Å². The molecule has 2 aromatic rings. The molecule has 0 spiro atoms. The maximum absolute atomic E-state index is 12.1. The van der Waals surface area contributed by atoms with E-state index in [0.29, 0.717) is 16.1 Å². The Hall–Kier alpha value is -2.66. The lowest BCUT2D eigenvalue weighted by atomic mass is 10.1. The summed E-state index contributed by atoms with van der Waals surface area (Å²) in [5, 5.41) is 2.95. The van der Waals surface area contributed by atoms with Gasteiger partial charge in [0, 0.05) is 16.1 Å². The molecule has 2 rings (SSSR count). The maximum Gasteiger partial charge on any atom is 0.326 e. The maximum atomic E-state index is 12.1. The number of hydrogen-bond donors (Lipinski definition) is 1. The monoisotopic (exact) mass is 345 g/mol. The average Bonchev–Trinajstić information content (AvgIpc) is 2.60. The Bertz CT molecular complexity index is 728. The molecule has 0 radical (unpaired) electrons. The molecule has 1 N–H and O–H groups in total. The molecule has 5 nitrogen and oxygen atoms in total. The van der Waals surface area contributed by atoms with E-state index in [1.165, 1.54) is 6.92 Å². The Morgan fingerprint density at radius 2 is 1.62 bits per heavy atom. The summed E-state index contributed by atoms with van der Waals surface area (Å²) in [6.45, 7) is 1.17. The molecule has 0 heterocycles. The molecule has 24 heavy (non-hydrogen) atoms. The number of Topliss-reactive ketones (excluding diaryl/α,β-unsaturated/α-hetero) is 1. The minimum Gasteiger partial charge on any atom is -0.453 e. The minimum absolute atomic E-state index is 0.298. The molecule has 1 atom stereocenters. The zero-order chi connectivity index (χ0) is 17.5. The largest absolute Gasteiger partial charge is 0.453 e. The quantitative estimate of drug-likeness (QED) is 0.645. The van der Waals surface area contributed by atoms with E-state index < -0.39 is 18.0 Å². The van der Waals surface area contributed by atoms with Gasteiger partial charge in [-0.25, -0.2) is 0 Å². The third-order valence-corrected chi connectivity index (χ3v) is 3.49. The third-order valence-electron chi connectivity index (χ3n) is 3.24. The van der Waals surface area contributed by atoms with Crippen LogP contribution >= 0.6 is 11.6 Å². The van der Waals surface area contributed by atoms with Crippen molar-refractivity contribution in [2.75, 3.05) is 6.54 Å². The molecular weight excluding hydrogens is 330 g/mol. The predicted octanol–water partition coefficient (Wildman–Crippen LogP) is 2.88. The summed E-state index contributed by atoms with van der Waals surface area (Å²) >= 11 is 5.74. The molecule has 0 aliphatic carbocycles. The number of halogens is 1. The van der Waals surface area contributed by atoms with Gasteiger partial charge in [0.2, 0.25) is 5.78 Å². The number of carbonyl (C=O) groups is 3. The van der Waals surface area contributed by atoms with E-state index in [4.69, 9.17) is 16.3 Å². The number of carbonyl (C=O) groups excluding carboxylic acids is 3. The number of amides is 1. The Kier molecular flexibility index (Phi) is 6.09. The molecule has 6 heteroatoms. The van der Waals surface area contributed by atoms with Crippen LogP contribution in [0.4, 0.5) is 0 Å². The van der Waals surface area contributed by atoms with Crippen molar-refractivity contribution in [3.05, 3.63) is 70.7 Å². The minimum atomic E-state index is -0.924. The summed E-state index contributed by atoms with van der Waals surface area (Å²) in [5.41, 5.74) is 0.837. The van der Waals surface area contributed by atoms with E-state index in [1.54, 1.807) is 54.6 Å². The van der Waals surface area contributed by atoms with Crippen molar-refractivity contribution in [1.29, 1.82) is 0 Å². The Morgan fingerprint density at radius 3 is 2.25 bits per heavy atom. The van der Waals surface area contributed by atoms with Crippen LogP contribution in [0.2, 0.25) is 5.02 Å².